The second-order valence-electron chi connectivity index (χ2n) is 3.18. The van der Waals surface area contributed by atoms with E-state index in [1.54, 1.807) is 0 Å². The third-order valence-electron chi connectivity index (χ3n) is 1.98. The summed E-state index contributed by atoms with van der Waals surface area (Å²) < 4.78 is 21.5. The lowest BCUT2D eigenvalue weighted by Gasteiger charge is -2.12. The summed E-state index contributed by atoms with van der Waals surface area (Å²) in [5.41, 5.74) is 0. The first-order valence-corrected chi connectivity index (χ1v) is 6.04. The molecule has 11 heavy (non-hydrogen) atoms. The fourth-order valence-corrected chi connectivity index (χ4v) is 1.89. The van der Waals surface area contributed by atoms with E-state index in [0.717, 1.165) is 19.6 Å². The van der Waals surface area contributed by atoms with Crippen LogP contribution in [0.1, 0.15) is 12.8 Å². The molecule has 0 atom stereocenters. The van der Waals surface area contributed by atoms with E-state index in [1.165, 1.54) is 19.1 Å². The highest BCUT2D eigenvalue weighted by molar-refractivity contribution is 7.90. The molecule has 0 spiro atoms. The quantitative estimate of drug-likeness (QED) is 0.615. The van der Waals surface area contributed by atoms with Gasteiger partial charge >= 0.3 is 0 Å². The fourth-order valence-electron chi connectivity index (χ4n) is 1.30. The molecule has 0 N–H and O–H groups in total. The third kappa shape index (κ3) is 3.72. The van der Waals surface area contributed by atoms with Crippen molar-refractivity contribution in [1.29, 1.82) is 0 Å². The molecule has 0 aliphatic carbocycles. The molecule has 3 nitrogen and oxygen atoms in total. The molecular formula is C7H15NO2S. The van der Waals surface area contributed by atoms with Gasteiger partial charge in [-0.15, -0.1) is 0 Å². The van der Waals surface area contributed by atoms with Crippen molar-refractivity contribution in [3.63, 3.8) is 0 Å². The van der Waals surface area contributed by atoms with Crippen LogP contribution >= 0.6 is 0 Å². The average molecular weight is 177 g/mol. The highest BCUT2D eigenvalue weighted by Gasteiger charge is 2.12. The lowest BCUT2D eigenvalue weighted by Crippen LogP contribution is -2.25. The standard InChI is InChI=1S/C7H15NO2S/c1-11(9,10)7-6-8-4-2-3-5-8/h2-7H2,1H3. The van der Waals surface area contributed by atoms with E-state index in [2.05, 4.69) is 4.90 Å². The molecule has 1 fully saturated rings. The number of nitrogens with zero attached hydrogens (tertiary/aromatic N) is 1. The van der Waals surface area contributed by atoms with Crippen molar-refractivity contribution >= 4 is 9.84 Å². The van der Waals surface area contributed by atoms with E-state index in [-0.39, 0.29) is 0 Å². The van der Waals surface area contributed by atoms with Gasteiger partial charge in [0.2, 0.25) is 0 Å². The smallest absolute Gasteiger partial charge is 0.148 e. The number of hydrogen-bond donors (Lipinski definition) is 0. The van der Waals surface area contributed by atoms with Crippen LogP contribution in [0.3, 0.4) is 0 Å². The molecule has 4 heteroatoms. The van der Waals surface area contributed by atoms with Gasteiger partial charge in [0, 0.05) is 12.8 Å². The maximum atomic E-state index is 10.8. The molecule has 0 unspecified atom stereocenters. The third-order valence-corrected chi connectivity index (χ3v) is 2.90. The second-order valence-corrected chi connectivity index (χ2v) is 5.44. The Kier molecular flexibility index (Phi) is 2.90. The Morgan fingerprint density at radius 3 is 2.27 bits per heavy atom. The first-order valence-electron chi connectivity index (χ1n) is 3.98. The van der Waals surface area contributed by atoms with E-state index in [9.17, 15) is 8.42 Å². The Balaban J connectivity index is 2.22. The van der Waals surface area contributed by atoms with E-state index in [0.29, 0.717) is 5.75 Å². The molecule has 1 saturated heterocycles. The van der Waals surface area contributed by atoms with Gasteiger partial charge in [-0.3, -0.25) is 0 Å². The van der Waals surface area contributed by atoms with Crippen LogP contribution in [0.15, 0.2) is 0 Å². The second kappa shape index (κ2) is 3.54. The summed E-state index contributed by atoms with van der Waals surface area (Å²) in [6.45, 7) is 2.88. The molecule has 0 aromatic carbocycles. The fraction of sp³-hybridized carbons (Fsp3) is 1.00. The predicted molar refractivity (Wildman–Crippen MR) is 45.4 cm³/mol. The normalized spacial score (nSPS) is 20.8. The Labute approximate surface area is 68.3 Å². The van der Waals surface area contributed by atoms with Gasteiger partial charge in [0.05, 0.1) is 5.75 Å². The molecule has 0 bridgehead atoms. The zero-order chi connectivity index (χ0) is 8.32. The molecule has 0 saturated carbocycles. The zero-order valence-corrected chi connectivity index (χ0v) is 7.73. The van der Waals surface area contributed by atoms with Crippen LogP contribution in [0.2, 0.25) is 0 Å². The molecular weight excluding hydrogens is 162 g/mol. The van der Waals surface area contributed by atoms with E-state index in [4.69, 9.17) is 0 Å². The van der Waals surface area contributed by atoms with E-state index >= 15 is 0 Å². The molecule has 0 amide bonds. The molecule has 1 heterocycles. The molecule has 0 aromatic rings. The van der Waals surface area contributed by atoms with Gasteiger partial charge in [-0.2, -0.15) is 0 Å². The van der Waals surface area contributed by atoms with Gasteiger partial charge in [-0.25, -0.2) is 8.42 Å². The van der Waals surface area contributed by atoms with Crippen LogP contribution in [0.4, 0.5) is 0 Å². The summed E-state index contributed by atoms with van der Waals surface area (Å²) >= 11 is 0. The number of likely N-dealkylation sites (tertiary alicyclic amines) is 1. The maximum absolute atomic E-state index is 10.8. The van der Waals surface area contributed by atoms with Crippen molar-refractivity contribution in [3.05, 3.63) is 0 Å². The Morgan fingerprint density at radius 2 is 1.82 bits per heavy atom. The lowest BCUT2D eigenvalue weighted by atomic mass is 10.4. The molecule has 0 radical (unpaired) electrons. The Morgan fingerprint density at radius 1 is 1.27 bits per heavy atom. The van der Waals surface area contributed by atoms with Gasteiger partial charge in [-0.1, -0.05) is 0 Å². The van der Waals surface area contributed by atoms with Crippen LogP contribution in [-0.2, 0) is 9.84 Å². The van der Waals surface area contributed by atoms with Crippen LogP contribution in [-0.4, -0.2) is 45.0 Å². The van der Waals surface area contributed by atoms with Crippen molar-refractivity contribution < 1.29 is 8.42 Å². The minimum absolute atomic E-state index is 0.312. The largest absolute Gasteiger partial charge is 0.302 e. The van der Waals surface area contributed by atoms with Crippen LogP contribution in [0.25, 0.3) is 0 Å². The Bertz CT molecular complexity index is 204. The van der Waals surface area contributed by atoms with Gasteiger partial charge < -0.3 is 4.90 Å². The highest BCUT2D eigenvalue weighted by atomic mass is 32.2. The monoisotopic (exact) mass is 177 g/mol. The van der Waals surface area contributed by atoms with Gasteiger partial charge in [0.25, 0.3) is 0 Å². The Hall–Kier alpha value is -0.0900. The van der Waals surface area contributed by atoms with Gasteiger partial charge in [-0.05, 0) is 25.9 Å². The molecule has 1 rings (SSSR count). The van der Waals surface area contributed by atoms with Crippen LogP contribution in [0.5, 0.6) is 0 Å². The number of sulfone groups is 1. The van der Waals surface area contributed by atoms with Crippen molar-refractivity contribution in [3.8, 4) is 0 Å². The predicted octanol–water partition coefficient (Wildman–Crippen LogP) is 0.127. The average Bonchev–Trinajstić information content (AvgIpc) is 2.32. The SMILES string of the molecule is CS(=O)(=O)CCN1CCCC1. The minimum Gasteiger partial charge on any atom is -0.302 e. The van der Waals surface area contributed by atoms with Crippen molar-refractivity contribution in [2.45, 2.75) is 12.8 Å². The summed E-state index contributed by atoms with van der Waals surface area (Å²) in [6, 6.07) is 0. The summed E-state index contributed by atoms with van der Waals surface area (Å²) in [5.74, 6) is 0.312. The first-order chi connectivity index (χ1) is 5.08. The highest BCUT2D eigenvalue weighted by Crippen LogP contribution is 2.06. The van der Waals surface area contributed by atoms with Crippen LogP contribution in [0, 0.1) is 0 Å². The van der Waals surface area contributed by atoms with E-state index in [1.807, 2.05) is 0 Å². The summed E-state index contributed by atoms with van der Waals surface area (Å²) in [4.78, 5) is 2.21. The topological polar surface area (TPSA) is 37.4 Å². The summed E-state index contributed by atoms with van der Waals surface area (Å²) in [7, 11) is -2.75. The van der Waals surface area contributed by atoms with E-state index < -0.39 is 9.84 Å². The molecule has 1 aliphatic heterocycles. The molecule has 66 valence electrons. The summed E-state index contributed by atoms with van der Waals surface area (Å²) in [5, 5.41) is 0. The zero-order valence-electron chi connectivity index (χ0n) is 6.91. The van der Waals surface area contributed by atoms with Crippen molar-refractivity contribution in [2.75, 3.05) is 31.6 Å². The minimum atomic E-state index is -2.75. The number of rotatable bonds is 3. The molecule has 1 aliphatic rings. The van der Waals surface area contributed by atoms with Crippen molar-refractivity contribution in [2.24, 2.45) is 0 Å². The summed E-state index contributed by atoms with van der Waals surface area (Å²) in [6.07, 6.45) is 3.75. The van der Waals surface area contributed by atoms with Gasteiger partial charge in [0.15, 0.2) is 0 Å². The lowest BCUT2D eigenvalue weighted by molar-refractivity contribution is 0.359. The van der Waals surface area contributed by atoms with Gasteiger partial charge in [0.1, 0.15) is 9.84 Å². The van der Waals surface area contributed by atoms with Crippen molar-refractivity contribution in [1.82, 2.24) is 4.90 Å². The van der Waals surface area contributed by atoms with Crippen LogP contribution < -0.4 is 0 Å². The molecule has 0 aromatic heterocycles. The maximum Gasteiger partial charge on any atom is 0.148 e. The number of hydrogen-bond acceptors (Lipinski definition) is 3. The first kappa shape index (κ1) is 9.00.